The maximum absolute atomic E-state index is 12.9. The molecule has 5 nitrogen and oxygen atoms in total. The Balaban J connectivity index is 1.83. The van der Waals surface area contributed by atoms with E-state index in [0.29, 0.717) is 17.9 Å². The van der Waals surface area contributed by atoms with Gasteiger partial charge in [0.2, 0.25) is 5.91 Å². The molecule has 30 heavy (non-hydrogen) atoms. The number of hydrogen-bond donors (Lipinski definition) is 0. The van der Waals surface area contributed by atoms with Gasteiger partial charge in [0, 0.05) is 18.2 Å². The Hall–Kier alpha value is -3.61. The molecule has 3 rings (SSSR count). The van der Waals surface area contributed by atoms with Gasteiger partial charge in [-0.15, -0.1) is 0 Å². The molecular weight excluding hydrogens is 392 g/mol. The number of rotatable bonds is 9. The Kier molecular flexibility index (Phi) is 7.21. The molecule has 0 fully saturated rings. The molecule has 0 unspecified atom stereocenters. The van der Waals surface area contributed by atoms with Crippen LogP contribution in [0.15, 0.2) is 77.4 Å². The van der Waals surface area contributed by atoms with Crippen molar-refractivity contribution in [1.82, 2.24) is 4.90 Å². The second-order valence-corrected chi connectivity index (χ2v) is 6.35. The van der Waals surface area contributed by atoms with E-state index < -0.39 is 6.61 Å². The van der Waals surface area contributed by atoms with Crippen molar-refractivity contribution in [3.8, 4) is 11.5 Å². The summed E-state index contributed by atoms with van der Waals surface area (Å²) in [7, 11) is 1.36. The van der Waals surface area contributed by atoms with Gasteiger partial charge in [0.05, 0.1) is 19.9 Å². The van der Waals surface area contributed by atoms with Gasteiger partial charge in [-0.1, -0.05) is 42.5 Å². The number of benzene rings is 2. The van der Waals surface area contributed by atoms with Crippen molar-refractivity contribution in [2.75, 3.05) is 7.11 Å². The van der Waals surface area contributed by atoms with E-state index in [-0.39, 0.29) is 24.0 Å². The molecule has 2 aromatic carbocycles. The minimum atomic E-state index is -3.02. The van der Waals surface area contributed by atoms with Crippen molar-refractivity contribution in [2.45, 2.75) is 19.7 Å². The van der Waals surface area contributed by atoms with Crippen LogP contribution >= 0.6 is 0 Å². The van der Waals surface area contributed by atoms with E-state index in [4.69, 9.17) is 9.15 Å². The fourth-order valence-electron chi connectivity index (χ4n) is 2.91. The first-order valence-electron chi connectivity index (χ1n) is 9.22. The van der Waals surface area contributed by atoms with E-state index >= 15 is 0 Å². The van der Waals surface area contributed by atoms with Gasteiger partial charge >= 0.3 is 6.61 Å². The summed E-state index contributed by atoms with van der Waals surface area (Å²) in [5, 5.41) is 0. The lowest BCUT2D eigenvalue weighted by Gasteiger charge is -2.20. The molecule has 1 heterocycles. The summed E-state index contributed by atoms with van der Waals surface area (Å²) in [5.41, 5.74) is 1.26. The largest absolute Gasteiger partial charge is 0.493 e. The average Bonchev–Trinajstić information content (AvgIpc) is 3.26. The smallest absolute Gasteiger partial charge is 0.387 e. The molecule has 0 N–H and O–H groups in total. The highest BCUT2D eigenvalue weighted by Gasteiger charge is 2.16. The number of carbonyl (C=O) groups excluding carboxylic acids is 1. The van der Waals surface area contributed by atoms with Gasteiger partial charge in [-0.25, -0.2) is 0 Å². The van der Waals surface area contributed by atoms with Crippen molar-refractivity contribution in [3.05, 3.63) is 89.9 Å². The zero-order valence-electron chi connectivity index (χ0n) is 16.3. The van der Waals surface area contributed by atoms with E-state index in [1.165, 1.54) is 25.3 Å². The quantitative estimate of drug-likeness (QED) is 0.456. The maximum Gasteiger partial charge on any atom is 0.387 e. The van der Waals surface area contributed by atoms with E-state index in [1.807, 2.05) is 30.3 Å². The fraction of sp³-hybridized carbons (Fsp3) is 0.174. The number of hydrogen-bond acceptors (Lipinski definition) is 4. The summed E-state index contributed by atoms with van der Waals surface area (Å²) >= 11 is 0. The number of alkyl halides is 2. The molecule has 0 aliphatic rings. The molecule has 0 atom stereocenters. The minimum Gasteiger partial charge on any atom is -0.493 e. The molecule has 1 aromatic heterocycles. The van der Waals surface area contributed by atoms with Gasteiger partial charge in [0.1, 0.15) is 5.76 Å². The van der Waals surface area contributed by atoms with Crippen LogP contribution in [0.4, 0.5) is 8.78 Å². The lowest BCUT2D eigenvalue weighted by atomic mass is 10.1. The Morgan fingerprint density at radius 2 is 1.87 bits per heavy atom. The van der Waals surface area contributed by atoms with Crippen molar-refractivity contribution in [3.63, 3.8) is 0 Å². The van der Waals surface area contributed by atoms with Gasteiger partial charge in [-0.3, -0.25) is 4.79 Å². The van der Waals surface area contributed by atoms with Crippen molar-refractivity contribution in [2.24, 2.45) is 0 Å². The summed E-state index contributed by atoms with van der Waals surface area (Å²) in [5.74, 6) is 0.359. The molecule has 3 aromatic rings. The molecule has 0 saturated carbocycles. The highest BCUT2D eigenvalue weighted by Crippen LogP contribution is 2.33. The SMILES string of the molecule is COc1cccc(C=CC(=O)N(Cc2ccccc2)Cc2ccco2)c1OC(F)F. The normalized spacial score (nSPS) is 11.1. The van der Waals surface area contributed by atoms with Crippen LogP contribution in [-0.4, -0.2) is 24.5 Å². The lowest BCUT2D eigenvalue weighted by molar-refractivity contribution is -0.127. The summed E-state index contributed by atoms with van der Waals surface area (Å²) in [4.78, 5) is 14.5. The second kappa shape index (κ2) is 10.2. The molecule has 0 aliphatic carbocycles. The van der Waals surface area contributed by atoms with E-state index in [1.54, 1.807) is 35.4 Å². The molecule has 1 amide bonds. The molecule has 7 heteroatoms. The Morgan fingerprint density at radius 1 is 1.07 bits per heavy atom. The first-order valence-corrected chi connectivity index (χ1v) is 9.22. The Labute approximate surface area is 173 Å². The first-order chi connectivity index (χ1) is 14.6. The van der Waals surface area contributed by atoms with Crippen LogP contribution in [0, 0.1) is 0 Å². The number of halogens is 2. The molecule has 0 saturated heterocycles. The second-order valence-electron chi connectivity index (χ2n) is 6.35. The van der Waals surface area contributed by atoms with Gasteiger partial charge in [0.25, 0.3) is 0 Å². The number of furan rings is 1. The van der Waals surface area contributed by atoms with Gasteiger partial charge < -0.3 is 18.8 Å². The predicted molar refractivity (Wildman–Crippen MR) is 108 cm³/mol. The lowest BCUT2D eigenvalue weighted by Crippen LogP contribution is -2.28. The van der Waals surface area contributed by atoms with Crippen molar-refractivity contribution >= 4 is 12.0 Å². The van der Waals surface area contributed by atoms with Crippen LogP contribution < -0.4 is 9.47 Å². The van der Waals surface area contributed by atoms with E-state index in [2.05, 4.69) is 4.74 Å². The van der Waals surface area contributed by atoms with Crippen LogP contribution in [0.25, 0.3) is 6.08 Å². The van der Waals surface area contributed by atoms with Gasteiger partial charge in [-0.05, 0) is 29.8 Å². The van der Waals surface area contributed by atoms with Crippen LogP contribution in [0.1, 0.15) is 16.9 Å². The topological polar surface area (TPSA) is 51.9 Å². The zero-order valence-corrected chi connectivity index (χ0v) is 16.3. The van der Waals surface area contributed by atoms with Crippen LogP contribution in [0.3, 0.4) is 0 Å². The molecule has 156 valence electrons. The summed E-state index contributed by atoms with van der Waals surface area (Å²) in [6.07, 6.45) is 4.29. The molecular formula is C23H21F2NO4. The minimum absolute atomic E-state index is 0.125. The monoisotopic (exact) mass is 413 g/mol. The number of para-hydroxylation sites is 1. The fourth-order valence-corrected chi connectivity index (χ4v) is 2.91. The van der Waals surface area contributed by atoms with E-state index in [9.17, 15) is 13.6 Å². The molecule has 0 bridgehead atoms. The third-order valence-electron chi connectivity index (χ3n) is 4.30. The number of methoxy groups -OCH3 is 1. The summed E-state index contributed by atoms with van der Waals surface area (Å²) < 4.78 is 40.7. The summed E-state index contributed by atoms with van der Waals surface area (Å²) in [6.45, 7) is -2.38. The third kappa shape index (κ3) is 5.70. The number of nitrogens with zero attached hydrogens (tertiary/aromatic N) is 1. The predicted octanol–water partition coefficient (Wildman–Crippen LogP) is 5.13. The average molecular weight is 413 g/mol. The maximum atomic E-state index is 12.9. The standard InChI is InChI=1S/C23H21F2NO4/c1-28-20-11-5-9-18(22(20)30-23(24)25)12-13-21(27)26(16-19-10-6-14-29-19)15-17-7-3-2-4-8-17/h2-14,23H,15-16H2,1H3. The van der Waals surface area contributed by atoms with Crippen molar-refractivity contribution in [1.29, 1.82) is 0 Å². The van der Waals surface area contributed by atoms with Gasteiger partial charge in [-0.2, -0.15) is 8.78 Å². The van der Waals surface area contributed by atoms with Gasteiger partial charge in [0.15, 0.2) is 11.5 Å². The highest BCUT2D eigenvalue weighted by molar-refractivity contribution is 5.92. The van der Waals surface area contributed by atoms with E-state index in [0.717, 1.165) is 5.56 Å². The molecule has 0 radical (unpaired) electrons. The molecule has 0 spiro atoms. The Bertz CT molecular complexity index is 972. The number of ether oxygens (including phenoxy) is 2. The highest BCUT2D eigenvalue weighted by atomic mass is 19.3. The van der Waals surface area contributed by atoms with Crippen molar-refractivity contribution < 1.29 is 27.5 Å². The number of carbonyl (C=O) groups is 1. The Morgan fingerprint density at radius 3 is 2.53 bits per heavy atom. The third-order valence-corrected chi connectivity index (χ3v) is 4.30. The molecule has 0 aliphatic heterocycles. The van der Waals surface area contributed by atoms with Crippen LogP contribution in [0.5, 0.6) is 11.5 Å². The summed E-state index contributed by atoms with van der Waals surface area (Å²) in [6, 6.07) is 17.8. The number of amides is 1. The van der Waals surface area contributed by atoms with Crippen LogP contribution in [0.2, 0.25) is 0 Å². The zero-order chi connectivity index (χ0) is 21.3. The van der Waals surface area contributed by atoms with Crippen LogP contribution in [-0.2, 0) is 17.9 Å². The first kappa shape index (κ1) is 21.1.